The van der Waals surface area contributed by atoms with E-state index in [4.69, 9.17) is 0 Å². The third-order valence-corrected chi connectivity index (χ3v) is 4.18. The average molecular weight is 341 g/mol. The van der Waals surface area contributed by atoms with Crippen LogP contribution >= 0.6 is 27.3 Å². The first kappa shape index (κ1) is 14.0. The molecule has 0 saturated heterocycles. The van der Waals surface area contributed by atoms with Gasteiger partial charge >= 0.3 is 0 Å². The van der Waals surface area contributed by atoms with E-state index >= 15 is 0 Å². The Kier molecular flexibility index (Phi) is 4.55. The SMILES string of the molecule is CN(Cc1ccsc1)c1ccc([N+](=O)[O-])c(CBr)c1. The lowest BCUT2D eigenvalue weighted by Gasteiger charge is -2.19. The quantitative estimate of drug-likeness (QED) is 0.465. The minimum Gasteiger partial charge on any atom is -0.370 e. The summed E-state index contributed by atoms with van der Waals surface area (Å²) in [5.74, 6) is 0. The van der Waals surface area contributed by atoms with Gasteiger partial charge in [0.25, 0.3) is 5.69 Å². The molecule has 1 heterocycles. The summed E-state index contributed by atoms with van der Waals surface area (Å²) in [7, 11) is 1.98. The third-order valence-electron chi connectivity index (χ3n) is 2.84. The molecule has 0 saturated carbocycles. The zero-order valence-electron chi connectivity index (χ0n) is 10.4. The van der Waals surface area contributed by atoms with Gasteiger partial charge in [0, 0.05) is 36.2 Å². The Labute approximate surface area is 124 Å². The Bertz CT molecular complexity index is 572. The molecule has 1 aromatic carbocycles. The predicted octanol–water partition coefficient (Wildman–Crippen LogP) is 4.19. The van der Waals surface area contributed by atoms with Crippen molar-refractivity contribution < 1.29 is 4.92 Å². The van der Waals surface area contributed by atoms with E-state index in [2.05, 4.69) is 32.3 Å². The van der Waals surface area contributed by atoms with Crippen LogP contribution in [0.2, 0.25) is 0 Å². The summed E-state index contributed by atoms with van der Waals surface area (Å²) >= 11 is 4.97. The summed E-state index contributed by atoms with van der Waals surface area (Å²) in [4.78, 5) is 12.6. The van der Waals surface area contributed by atoms with Crippen molar-refractivity contribution in [2.45, 2.75) is 11.9 Å². The molecule has 2 rings (SSSR count). The summed E-state index contributed by atoms with van der Waals surface area (Å²) in [5.41, 5.74) is 3.07. The van der Waals surface area contributed by atoms with Crippen molar-refractivity contribution in [3.63, 3.8) is 0 Å². The van der Waals surface area contributed by atoms with Gasteiger partial charge in [-0.15, -0.1) is 0 Å². The summed E-state index contributed by atoms with van der Waals surface area (Å²) < 4.78 is 0. The Hall–Kier alpha value is -1.40. The molecule has 0 aliphatic heterocycles. The zero-order chi connectivity index (χ0) is 13.8. The largest absolute Gasteiger partial charge is 0.370 e. The van der Waals surface area contributed by atoms with Crippen molar-refractivity contribution in [1.82, 2.24) is 0 Å². The maximum atomic E-state index is 10.9. The van der Waals surface area contributed by atoms with Gasteiger partial charge in [-0.25, -0.2) is 0 Å². The fourth-order valence-corrected chi connectivity index (χ4v) is 2.95. The smallest absolute Gasteiger partial charge is 0.273 e. The topological polar surface area (TPSA) is 46.4 Å². The highest BCUT2D eigenvalue weighted by molar-refractivity contribution is 9.08. The Morgan fingerprint density at radius 1 is 1.42 bits per heavy atom. The molecule has 6 heteroatoms. The molecule has 2 aromatic rings. The molecule has 0 aliphatic rings. The van der Waals surface area contributed by atoms with E-state index in [1.54, 1.807) is 23.5 Å². The Balaban J connectivity index is 2.23. The normalized spacial score (nSPS) is 10.4. The molecule has 0 atom stereocenters. The summed E-state index contributed by atoms with van der Waals surface area (Å²) in [5, 5.41) is 15.5. The number of hydrogen-bond donors (Lipinski definition) is 0. The van der Waals surface area contributed by atoms with Crippen LogP contribution < -0.4 is 4.90 Å². The van der Waals surface area contributed by atoms with E-state index in [-0.39, 0.29) is 10.6 Å². The van der Waals surface area contributed by atoms with Crippen LogP contribution in [0.1, 0.15) is 11.1 Å². The number of nitro groups is 1. The second kappa shape index (κ2) is 6.16. The van der Waals surface area contributed by atoms with Crippen molar-refractivity contribution in [2.24, 2.45) is 0 Å². The highest BCUT2D eigenvalue weighted by Crippen LogP contribution is 2.27. The van der Waals surface area contributed by atoms with Crippen LogP contribution in [0.5, 0.6) is 0 Å². The van der Waals surface area contributed by atoms with Crippen molar-refractivity contribution in [1.29, 1.82) is 0 Å². The second-order valence-electron chi connectivity index (χ2n) is 4.19. The summed E-state index contributed by atoms with van der Waals surface area (Å²) in [6.07, 6.45) is 0. The first-order chi connectivity index (χ1) is 9.11. The van der Waals surface area contributed by atoms with Gasteiger partial charge in [0.05, 0.1) is 4.92 Å². The van der Waals surface area contributed by atoms with Crippen LogP contribution in [0.4, 0.5) is 11.4 Å². The van der Waals surface area contributed by atoms with E-state index in [0.29, 0.717) is 10.9 Å². The van der Waals surface area contributed by atoms with E-state index in [1.165, 1.54) is 5.56 Å². The molecule has 1 aromatic heterocycles. The Morgan fingerprint density at radius 3 is 2.79 bits per heavy atom. The number of anilines is 1. The van der Waals surface area contributed by atoms with Gasteiger partial charge in [-0.1, -0.05) is 15.9 Å². The molecular formula is C13H13BrN2O2S. The van der Waals surface area contributed by atoms with Crippen LogP contribution in [0.3, 0.4) is 0 Å². The summed E-state index contributed by atoms with van der Waals surface area (Å²) in [6, 6.07) is 7.30. The number of nitro benzene ring substituents is 1. The van der Waals surface area contributed by atoms with Crippen LogP contribution in [0.15, 0.2) is 35.0 Å². The standard InChI is InChI=1S/C13H13BrN2O2S/c1-15(8-10-4-5-19-9-10)12-2-3-13(16(17)18)11(6-12)7-14/h2-6,9H,7-8H2,1H3. The molecule has 19 heavy (non-hydrogen) atoms. The molecule has 0 spiro atoms. The minimum absolute atomic E-state index is 0.157. The Morgan fingerprint density at radius 2 is 2.21 bits per heavy atom. The molecule has 0 fully saturated rings. The lowest BCUT2D eigenvalue weighted by atomic mass is 10.1. The second-order valence-corrected chi connectivity index (χ2v) is 5.53. The van der Waals surface area contributed by atoms with Gasteiger partial charge < -0.3 is 4.90 Å². The fraction of sp³-hybridized carbons (Fsp3) is 0.231. The molecule has 0 amide bonds. The maximum absolute atomic E-state index is 10.9. The lowest BCUT2D eigenvalue weighted by molar-refractivity contribution is -0.385. The number of thiophene rings is 1. The number of benzene rings is 1. The molecule has 0 bridgehead atoms. The van der Waals surface area contributed by atoms with Crippen LogP contribution in [0, 0.1) is 10.1 Å². The van der Waals surface area contributed by atoms with Crippen LogP contribution in [0.25, 0.3) is 0 Å². The van der Waals surface area contributed by atoms with Gasteiger partial charge in [0.2, 0.25) is 0 Å². The molecule has 100 valence electrons. The van der Waals surface area contributed by atoms with Gasteiger partial charge in [-0.3, -0.25) is 10.1 Å². The van der Waals surface area contributed by atoms with Crippen molar-refractivity contribution >= 4 is 38.6 Å². The summed E-state index contributed by atoms with van der Waals surface area (Å²) in [6.45, 7) is 0.795. The highest BCUT2D eigenvalue weighted by atomic mass is 79.9. The number of alkyl halides is 1. The highest BCUT2D eigenvalue weighted by Gasteiger charge is 2.14. The molecule has 0 aliphatic carbocycles. The van der Waals surface area contributed by atoms with Gasteiger partial charge in [-0.05, 0) is 34.5 Å². The fourth-order valence-electron chi connectivity index (χ4n) is 1.84. The average Bonchev–Trinajstić information content (AvgIpc) is 2.90. The number of rotatable bonds is 5. The van der Waals surface area contributed by atoms with E-state index in [0.717, 1.165) is 12.2 Å². The lowest BCUT2D eigenvalue weighted by Crippen LogP contribution is -2.16. The number of hydrogen-bond acceptors (Lipinski definition) is 4. The van der Waals surface area contributed by atoms with Gasteiger partial charge in [0.15, 0.2) is 0 Å². The first-order valence-corrected chi connectivity index (χ1v) is 7.73. The van der Waals surface area contributed by atoms with Crippen molar-refractivity contribution in [3.8, 4) is 0 Å². The molecule has 0 unspecified atom stereocenters. The van der Waals surface area contributed by atoms with E-state index < -0.39 is 0 Å². The first-order valence-electron chi connectivity index (χ1n) is 5.67. The van der Waals surface area contributed by atoms with Gasteiger partial charge in [-0.2, -0.15) is 11.3 Å². The third kappa shape index (κ3) is 3.33. The van der Waals surface area contributed by atoms with Crippen molar-refractivity contribution in [2.75, 3.05) is 11.9 Å². The molecule has 0 radical (unpaired) electrons. The number of nitrogens with zero attached hydrogens (tertiary/aromatic N) is 2. The van der Waals surface area contributed by atoms with Crippen molar-refractivity contribution in [3.05, 3.63) is 56.3 Å². The van der Waals surface area contributed by atoms with Crippen LogP contribution in [-0.2, 0) is 11.9 Å². The predicted molar refractivity (Wildman–Crippen MR) is 82.2 cm³/mol. The monoisotopic (exact) mass is 340 g/mol. The minimum atomic E-state index is -0.348. The van der Waals surface area contributed by atoms with Gasteiger partial charge in [0.1, 0.15) is 0 Å². The molecule has 4 nitrogen and oxygen atoms in total. The van der Waals surface area contributed by atoms with Crippen LogP contribution in [-0.4, -0.2) is 12.0 Å². The maximum Gasteiger partial charge on any atom is 0.273 e. The van der Waals surface area contributed by atoms with E-state index in [9.17, 15) is 10.1 Å². The number of halogens is 1. The molecular weight excluding hydrogens is 328 g/mol. The zero-order valence-corrected chi connectivity index (χ0v) is 12.8. The van der Waals surface area contributed by atoms with E-state index in [1.807, 2.05) is 18.5 Å². The molecule has 0 N–H and O–H groups in total.